The Bertz CT molecular complexity index is 344. The molecular weight excluding hydrogens is 246 g/mol. The Balaban J connectivity index is 1.77. The first-order chi connectivity index (χ1) is 9.06. The zero-order valence-corrected chi connectivity index (χ0v) is 11.5. The molecule has 3 atom stereocenters. The number of aliphatic carboxylic acids is 1. The van der Waals surface area contributed by atoms with Gasteiger partial charge in [0.1, 0.15) is 0 Å². The Labute approximate surface area is 113 Å². The van der Waals surface area contributed by atoms with Crippen molar-refractivity contribution in [1.82, 2.24) is 4.90 Å². The monoisotopic (exact) mass is 269 g/mol. The van der Waals surface area contributed by atoms with Gasteiger partial charge in [-0.2, -0.15) is 0 Å². The van der Waals surface area contributed by atoms with Crippen molar-refractivity contribution in [1.29, 1.82) is 0 Å². The molecule has 5 nitrogen and oxygen atoms in total. The predicted octanol–water partition coefficient (Wildman–Crippen LogP) is 1.80. The minimum atomic E-state index is -0.822. The van der Waals surface area contributed by atoms with E-state index in [1.807, 2.05) is 0 Å². The summed E-state index contributed by atoms with van der Waals surface area (Å²) in [4.78, 5) is 24.7. The van der Waals surface area contributed by atoms with Gasteiger partial charge in [0.2, 0.25) is 5.91 Å². The molecule has 2 fully saturated rings. The molecule has 2 aliphatic rings. The number of hydrogen-bond donors (Lipinski definition) is 1. The molecule has 1 N–H and O–H groups in total. The van der Waals surface area contributed by atoms with E-state index in [0.717, 1.165) is 32.1 Å². The quantitative estimate of drug-likeness (QED) is 0.826. The third-order valence-corrected chi connectivity index (χ3v) is 4.11. The summed E-state index contributed by atoms with van der Waals surface area (Å²) in [5, 5.41) is 8.85. The summed E-state index contributed by atoms with van der Waals surface area (Å²) in [6, 6.07) is -0.103. The molecule has 0 radical (unpaired) electrons. The van der Waals surface area contributed by atoms with Gasteiger partial charge in [0.25, 0.3) is 0 Å². The number of amides is 1. The maximum atomic E-state index is 12.2. The number of ether oxygens (including phenoxy) is 1. The first-order valence-corrected chi connectivity index (χ1v) is 7.23. The lowest BCUT2D eigenvalue weighted by Gasteiger charge is -2.24. The zero-order chi connectivity index (χ0) is 13.8. The van der Waals surface area contributed by atoms with Crippen molar-refractivity contribution in [2.45, 2.75) is 70.1 Å². The minimum Gasteiger partial charge on any atom is -0.481 e. The summed E-state index contributed by atoms with van der Waals surface area (Å²) in [7, 11) is 0. The average molecular weight is 269 g/mol. The third kappa shape index (κ3) is 3.93. The van der Waals surface area contributed by atoms with Gasteiger partial charge in [0.05, 0.1) is 18.6 Å². The fraction of sp³-hybridized carbons (Fsp3) is 0.857. The van der Waals surface area contributed by atoms with E-state index in [1.54, 1.807) is 4.90 Å². The molecule has 0 unspecified atom stereocenters. The Hall–Kier alpha value is -1.10. The number of rotatable bonds is 5. The minimum absolute atomic E-state index is 0.0721. The third-order valence-electron chi connectivity index (χ3n) is 4.11. The van der Waals surface area contributed by atoms with Crippen LogP contribution in [0.2, 0.25) is 0 Å². The largest absolute Gasteiger partial charge is 0.481 e. The van der Waals surface area contributed by atoms with Crippen LogP contribution in [-0.2, 0) is 14.3 Å². The van der Waals surface area contributed by atoms with Crippen molar-refractivity contribution >= 4 is 11.9 Å². The summed E-state index contributed by atoms with van der Waals surface area (Å²) < 4.78 is 5.70. The van der Waals surface area contributed by atoms with Crippen LogP contribution in [-0.4, -0.2) is 46.7 Å². The number of likely N-dealkylation sites (tertiary alicyclic amines) is 1. The Morgan fingerprint density at radius 1 is 1.32 bits per heavy atom. The molecular formula is C14H23NO4. The molecule has 2 rings (SSSR count). The molecule has 0 spiro atoms. The molecule has 2 heterocycles. The normalized spacial score (nSPS) is 30.8. The van der Waals surface area contributed by atoms with Gasteiger partial charge >= 0.3 is 5.97 Å². The smallest absolute Gasteiger partial charge is 0.305 e. The molecule has 0 aliphatic carbocycles. The highest BCUT2D eigenvalue weighted by Crippen LogP contribution is 2.25. The van der Waals surface area contributed by atoms with Gasteiger partial charge < -0.3 is 14.7 Å². The second kappa shape index (κ2) is 6.37. The molecule has 0 aromatic heterocycles. The maximum absolute atomic E-state index is 12.2. The zero-order valence-electron chi connectivity index (χ0n) is 11.5. The van der Waals surface area contributed by atoms with Crippen molar-refractivity contribution < 1.29 is 19.4 Å². The van der Waals surface area contributed by atoms with Crippen molar-refractivity contribution in [3.63, 3.8) is 0 Å². The Morgan fingerprint density at radius 2 is 2.11 bits per heavy atom. The maximum Gasteiger partial charge on any atom is 0.305 e. The van der Waals surface area contributed by atoms with Crippen LogP contribution in [0.3, 0.4) is 0 Å². The fourth-order valence-corrected chi connectivity index (χ4v) is 3.10. The van der Waals surface area contributed by atoms with Gasteiger partial charge in [-0.25, -0.2) is 0 Å². The van der Waals surface area contributed by atoms with Gasteiger partial charge in [0, 0.05) is 19.0 Å². The second-order valence-corrected chi connectivity index (χ2v) is 5.67. The van der Waals surface area contributed by atoms with E-state index in [1.165, 1.54) is 0 Å². The van der Waals surface area contributed by atoms with Crippen LogP contribution in [0.25, 0.3) is 0 Å². The highest BCUT2D eigenvalue weighted by atomic mass is 16.5. The van der Waals surface area contributed by atoms with Crippen molar-refractivity contribution in [3.05, 3.63) is 0 Å². The summed E-state index contributed by atoms with van der Waals surface area (Å²) in [5.41, 5.74) is 0. The summed E-state index contributed by atoms with van der Waals surface area (Å²) >= 11 is 0. The topological polar surface area (TPSA) is 66.8 Å². The number of carboxylic acids is 1. The molecule has 108 valence electrons. The molecule has 0 aromatic rings. The van der Waals surface area contributed by atoms with E-state index in [0.29, 0.717) is 19.1 Å². The van der Waals surface area contributed by atoms with E-state index in [4.69, 9.17) is 9.84 Å². The van der Waals surface area contributed by atoms with Crippen molar-refractivity contribution in [2.75, 3.05) is 6.54 Å². The van der Waals surface area contributed by atoms with Crippen LogP contribution >= 0.6 is 0 Å². The van der Waals surface area contributed by atoms with Gasteiger partial charge in [-0.3, -0.25) is 9.59 Å². The van der Waals surface area contributed by atoms with Gasteiger partial charge in [-0.1, -0.05) is 0 Å². The van der Waals surface area contributed by atoms with Crippen LogP contribution in [0.15, 0.2) is 0 Å². The average Bonchev–Trinajstić information content (AvgIpc) is 2.94. The van der Waals surface area contributed by atoms with E-state index < -0.39 is 5.97 Å². The Kier molecular flexibility index (Phi) is 4.80. The van der Waals surface area contributed by atoms with Crippen molar-refractivity contribution in [2.24, 2.45) is 0 Å². The molecule has 19 heavy (non-hydrogen) atoms. The van der Waals surface area contributed by atoms with Gasteiger partial charge in [-0.05, 0) is 39.0 Å². The lowest BCUT2D eigenvalue weighted by atomic mass is 10.1. The number of hydrogen-bond acceptors (Lipinski definition) is 3. The van der Waals surface area contributed by atoms with E-state index in [2.05, 4.69) is 6.92 Å². The molecule has 2 aliphatic heterocycles. The predicted molar refractivity (Wildman–Crippen MR) is 69.8 cm³/mol. The number of nitrogens with zero attached hydrogens (tertiary/aromatic N) is 1. The first kappa shape index (κ1) is 14.3. The summed E-state index contributed by atoms with van der Waals surface area (Å²) in [6.07, 6.45) is 5.67. The fourth-order valence-electron chi connectivity index (χ4n) is 3.10. The second-order valence-electron chi connectivity index (χ2n) is 5.67. The SMILES string of the molecule is C[C@@H]1CC[C@H](CCC(=O)N2CCC[C@H]2CC(=O)O)O1. The lowest BCUT2D eigenvalue weighted by molar-refractivity contribution is -0.140. The van der Waals surface area contributed by atoms with Crippen LogP contribution in [0.1, 0.15) is 51.9 Å². The summed E-state index contributed by atoms with van der Waals surface area (Å²) in [6.45, 7) is 2.77. The molecule has 0 saturated carbocycles. The highest BCUT2D eigenvalue weighted by Gasteiger charge is 2.31. The molecule has 0 aromatic carbocycles. The molecule has 1 amide bonds. The number of carbonyl (C=O) groups is 2. The summed E-state index contributed by atoms with van der Waals surface area (Å²) in [5.74, 6) is -0.732. The van der Waals surface area contributed by atoms with E-state index in [-0.39, 0.29) is 24.5 Å². The van der Waals surface area contributed by atoms with Crippen molar-refractivity contribution in [3.8, 4) is 0 Å². The number of carboxylic acid groups (broad SMARTS) is 1. The van der Waals surface area contributed by atoms with Crippen LogP contribution in [0, 0.1) is 0 Å². The molecule has 5 heteroatoms. The standard InChI is InChI=1S/C14H23NO4/c1-10-4-5-12(19-10)6-7-13(16)15-8-2-3-11(15)9-14(17)18/h10-12H,2-9H2,1H3,(H,17,18)/t10-,11+,12-/m1/s1. The van der Waals surface area contributed by atoms with Crippen LogP contribution in [0.5, 0.6) is 0 Å². The molecule has 0 bridgehead atoms. The van der Waals surface area contributed by atoms with Gasteiger partial charge in [0.15, 0.2) is 0 Å². The van der Waals surface area contributed by atoms with Gasteiger partial charge in [-0.15, -0.1) is 0 Å². The van der Waals surface area contributed by atoms with E-state index >= 15 is 0 Å². The first-order valence-electron chi connectivity index (χ1n) is 7.23. The van der Waals surface area contributed by atoms with E-state index in [9.17, 15) is 9.59 Å². The number of carbonyl (C=O) groups excluding carboxylic acids is 1. The van der Waals surface area contributed by atoms with Crippen LogP contribution < -0.4 is 0 Å². The van der Waals surface area contributed by atoms with Crippen LogP contribution in [0.4, 0.5) is 0 Å². The highest BCUT2D eigenvalue weighted by molar-refractivity contribution is 5.78. The Morgan fingerprint density at radius 3 is 2.74 bits per heavy atom. The molecule has 2 saturated heterocycles. The lowest BCUT2D eigenvalue weighted by Crippen LogP contribution is -2.37.